The first-order valence-electron chi connectivity index (χ1n) is 6.68. The van der Waals surface area contributed by atoms with Crippen LogP contribution in [0.3, 0.4) is 0 Å². The van der Waals surface area contributed by atoms with Gasteiger partial charge in [-0.05, 0) is 23.1 Å². The summed E-state index contributed by atoms with van der Waals surface area (Å²) in [7, 11) is 0. The highest BCUT2D eigenvalue weighted by Crippen LogP contribution is 2.37. The molecule has 0 radical (unpaired) electrons. The van der Waals surface area contributed by atoms with Gasteiger partial charge in [-0.25, -0.2) is 0 Å². The third kappa shape index (κ3) is 3.11. The summed E-state index contributed by atoms with van der Waals surface area (Å²) in [5.74, 6) is -0.0551. The topological polar surface area (TPSA) is 29.5 Å². The summed E-state index contributed by atoms with van der Waals surface area (Å²) < 4.78 is 5.27. The lowest BCUT2D eigenvalue weighted by atomic mass is 9.85. The molecular formula is C15H19Cl2NO2. The van der Waals surface area contributed by atoms with Gasteiger partial charge in [-0.3, -0.25) is 4.79 Å². The summed E-state index contributed by atoms with van der Waals surface area (Å²) in [6.45, 7) is 8.44. The van der Waals surface area contributed by atoms with Crippen molar-refractivity contribution in [2.24, 2.45) is 0 Å². The Morgan fingerprint density at radius 2 is 1.80 bits per heavy atom. The molecule has 1 aromatic carbocycles. The molecule has 0 saturated carbocycles. The van der Waals surface area contributed by atoms with E-state index >= 15 is 0 Å². The normalized spacial score (nSPS) is 16.4. The van der Waals surface area contributed by atoms with Crippen molar-refractivity contribution in [1.29, 1.82) is 0 Å². The molecule has 0 unspecified atom stereocenters. The van der Waals surface area contributed by atoms with Crippen LogP contribution in [0.4, 0.5) is 0 Å². The van der Waals surface area contributed by atoms with Crippen molar-refractivity contribution in [3.8, 4) is 0 Å². The first-order valence-corrected chi connectivity index (χ1v) is 7.43. The number of nitrogens with zero attached hydrogens (tertiary/aromatic N) is 1. The maximum absolute atomic E-state index is 12.6. The van der Waals surface area contributed by atoms with Gasteiger partial charge in [0.15, 0.2) is 0 Å². The van der Waals surface area contributed by atoms with E-state index in [1.165, 1.54) is 0 Å². The van der Waals surface area contributed by atoms with Crippen LogP contribution >= 0.6 is 23.2 Å². The predicted octanol–water partition coefficient (Wildman–Crippen LogP) is 3.76. The molecule has 1 aromatic rings. The molecule has 1 saturated heterocycles. The van der Waals surface area contributed by atoms with Gasteiger partial charge < -0.3 is 9.64 Å². The minimum atomic E-state index is -0.213. The van der Waals surface area contributed by atoms with Gasteiger partial charge in [0.1, 0.15) is 0 Å². The minimum absolute atomic E-state index is 0.0551. The molecular weight excluding hydrogens is 297 g/mol. The van der Waals surface area contributed by atoms with Gasteiger partial charge in [-0.15, -0.1) is 0 Å². The molecule has 1 heterocycles. The van der Waals surface area contributed by atoms with E-state index in [9.17, 15) is 4.79 Å². The molecule has 2 rings (SSSR count). The third-order valence-electron chi connectivity index (χ3n) is 3.37. The van der Waals surface area contributed by atoms with Gasteiger partial charge in [-0.2, -0.15) is 0 Å². The minimum Gasteiger partial charge on any atom is -0.378 e. The van der Waals surface area contributed by atoms with E-state index in [0.717, 1.165) is 5.56 Å². The van der Waals surface area contributed by atoms with Crippen LogP contribution in [-0.2, 0) is 10.2 Å². The Balaban J connectivity index is 2.40. The van der Waals surface area contributed by atoms with Crippen LogP contribution in [0.2, 0.25) is 10.0 Å². The third-order valence-corrected chi connectivity index (χ3v) is 4.08. The second-order valence-corrected chi connectivity index (χ2v) is 6.72. The summed E-state index contributed by atoms with van der Waals surface area (Å²) >= 11 is 12.7. The summed E-state index contributed by atoms with van der Waals surface area (Å²) in [5, 5.41) is 1.06. The van der Waals surface area contributed by atoms with Crippen LogP contribution in [0.5, 0.6) is 0 Å². The number of rotatable bonds is 1. The first kappa shape index (κ1) is 15.6. The van der Waals surface area contributed by atoms with E-state index in [2.05, 4.69) is 0 Å². The van der Waals surface area contributed by atoms with Crippen molar-refractivity contribution < 1.29 is 9.53 Å². The van der Waals surface area contributed by atoms with E-state index in [4.69, 9.17) is 27.9 Å². The SMILES string of the molecule is CC(C)(C)c1c(Cl)ccc(C(=O)N2CCOCC2)c1Cl. The summed E-state index contributed by atoms with van der Waals surface area (Å²) in [6, 6.07) is 3.46. The largest absolute Gasteiger partial charge is 0.378 e. The molecule has 110 valence electrons. The number of hydrogen-bond acceptors (Lipinski definition) is 2. The molecule has 1 fully saturated rings. The number of benzene rings is 1. The highest BCUT2D eigenvalue weighted by atomic mass is 35.5. The summed E-state index contributed by atoms with van der Waals surface area (Å²) in [6.07, 6.45) is 0. The Bertz CT molecular complexity index is 517. The lowest BCUT2D eigenvalue weighted by Crippen LogP contribution is -2.40. The average molecular weight is 316 g/mol. The number of hydrogen-bond donors (Lipinski definition) is 0. The van der Waals surface area contributed by atoms with Crippen LogP contribution in [0.15, 0.2) is 12.1 Å². The van der Waals surface area contributed by atoms with Crippen molar-refractivity contribution in [2.45, 2.75) is 26.2 Å². The molecule has 0 aromatic heterocycles. The van der Waals surface area contributed by atoms with Gasteiger partial charge in [0, 0.05) is 18.1 Å². The Hall–Kier alpha value is -0.770. The standard InChI is InChI=1S/C15H19Cl2NO2/c1-15(2,3)12-11(16)5-4-10(13(12)17)14(19)18-6-8-20-9-7-18/h4-5H,6-9H2,1-3H3. The highest BCUT2D eigenvalue weighted by Gasteiger charge is 2.27. The number of carbonyl (C=O) groups is 1. The lowest BCUT2D eigenvalue weighted by Gasteiger charge is -2.29. The number of amides is 1. The fraction of sp³-hybridized carbons (Fsp3) is 0.533. The molecule has 5 heteroatoms. The van der Waals surface area contributed by atoms with Gasteiger partial charge in [0.25, 0.3) is 5.91 Å². The molecule has 0 atom stereocenters. The molecule has 0 N–H and O–H groups in total. The fourth-order valence-corrected chi connectivity index (χ4v) is 3.36. The molecule has 0 spiro atoms. The van der Waals surface area contributed by atoms with Crippen molar-refractivity contribution in [3.05, 3.63) is 33.3 Å². The number of carbonyl (C=O) groups excluding carboxylic acids is 1. The van der Waals surface area contributed by atoms with Gasteiger partial charge in [-0.1, -0.05) is 44.0 Å². The lowest BCUT2D eigenvalue weighted by molar-refractivity contribution is 0.0303. The number of halogens is 2. The van der Waals surface area contributed by atoms with E-state index in [0.29, 0.717) is 41.9 Å². The Kier molecular flexibility index (Phi) is 4.62. The molecule has 0 aliphatic carbocycles. The number of ether oxygens (including phenoxy) is 1. The number of morpholine rings is 1. The van der Waals surface area contributed by atoms with Crippen LogP contribution in [-0.4, -0.2) is 37.1 Å². The Labute approximate surface area is 129 Å². The van der Waals surface area contributed by atoms with Gasteiger partial charge in [0.05, 0.1) is 23.8 Å². The van der Waals surface area contributed by atoms with E-state index < -0.39 is 0 Å². The molecule has 0 bridgehead atoms. The van der Waals surface area contributed by atoms with Gasteiger partial charge in [0.2, 0.25) is 0 Å². The van der Waals surface area contributed by atoms with Crippen LogP contribution < -0.4 is 0 Å². The quantitative estimate of drug-likeness (QED) is 0.789. The van der Waals surface area contributed by atoms with E-state index in [1.807, 2.05) is 20.8 Å². The first-order chi connectivity index (χ1) is 9.32. The zero-order valence-electron chi connectivity index (χ0n) is 12.0. The molecule has 20 heavy (non-hydrogen) atoms. The molecule has 1 aliphatic heterocycles. The van der Waals surface area contributed by atoms with E-state index in [1.54, 1.807) is 17.0 Å². The Morgan fingerprint density at radius 1 is 1.20 bits per heavy atom. The molecule has 1 amide bonds. The zero-order valence-corrected chi connectivity index (χ0v) is 13.5. The summed E-state index contributed by atoms with van der Waals surface area (Å²) in [5.41, 5.74) is 1.12. The van der Waals surface area contributed by atoms with Crippen LogP contribution in [0.25, 0.3) is 0 Å². The molecule has 3 nitrogen and oxygen atoms in total. The van der Waals surface area contributed by atoms with Crippen molar-refractivity contribution in [2.75, 3.05) is 26.3 Å². The van der Waals surface area contributed by atoms with Gasteiger partial charge >= 0.3 is 0 Å². The second kappa shape index (κ2) is 5.92. The monoisotopic (exact) mass is 315 g/mol. The van der Waals surface area contributed by atoms with Crippen LogP contribution in [0.1, 0.15) is 36.7 Å². The maximum atomic E-state index is 12.6. The maximum Gasteiger partial charge on any atom is 0.255 e. The Morgan fingerprint density at radius 3 is 2.35 bits per heavy atom. The predicted molar refractivity (Wildman–Crippen MR) is 81.9 cm³/mol. The van der Waals surface area contributed by atoms with Crippen molar-refractivity contribution in [3.63, 3.8) is 0 Å². The summed E-state index contributed by atoms with van der Waals surface area (Å²) in [4.78, 5) is 14.3. The average Bonchev–Trinajstić information content (AvgIpc) is 2.37. The van der Waals surface area contributed by atoms with Crippen molar-refractivity contribution in [1.82, 2.24) is 4.90 Å². The molecule has 1 aliphatic rings. The van der Waals surface area contributed by atoms with Crippen molar-refractivity contribution >= 4 is 29.1 Å². The zero-order chi connectivity index (χ0) is 14.9. The second-order valence-electron chi connectivity index (χ2n) is 5.94. The van der Waals surface area contributed by atoms with Crippen LogP contribution in [0, 0.1) is 0 Å². The van der Waals surface area contributed by atoms with E-state index in [-0.39, 0.29) is 11.3 Å². The smallest absolute Gasteiger partial charge is 0.255 e. The fourth-order valence-electron chi connectivity index (χ4n) is 2.34. The highest BCUT2D eigenvalue weighted by molar-refractivity contribution is 6.38.